The number of hydrogen-bond donors (Lipinski definition) is 1. The predicted molar refractivity (Wildman–Crippen MR) is 158 cm³/mol. The van der Waals surface area contributed by atoms with Crippen LogP contribution in [0.2, 0.25) is 0 Å². The molecule has 1 heterocycles. The van der Waals surface area contributed by atoms with Gasteiger partial charge in [0.1, 0.15) is 15.9 Å². The fraction of sp³-hybridized carbons (Fsp3) is 0.714. The van der Waals surface area contributed by atoms with E-state index in [0.29, 0.717) is 28.1 Å². The number of rotatable bonds is 21. The molecule has 0 fully saturated rings. The van der Waals surface area contributed by atoms with E-state index in [4.69, 9.17) is 12.2 Å². The first-order valence-corrected chi connectivity index (χ1v) is 17.6. The first-order chi connectivity index (χ1) is 18.4. The van der Waals surface area contributed by atoms with Crippen molar-refractivity contribution in [3.05, 3.63) is 23.5 Å². The van der Waals surface area contributed by atoms with Crippen LogP contribution in [-0.4, -0.2) is 46.0 Å². The van der Waals surface area contributed by atoms with Gasteiger partial charge in [-0.2, -0.15) is 0 Å². The standard InChI is InChI=1S/C28H46N2O6S3.2K/c1-3-4-5-6-7-8-9-10-11-12-13-14-15-16-23(37)21-24-26(39(34,35)36)19-18-25-28(24)30-27(29-25)20-17-22(2)38(31,32)33;;/h18-19,22H,3-17,20-21H2,1-2H3,(H,29,30)(H,31,32,33)(H,34,35,36);;/q;2*+1/p-2. The van der Waals surface area contributed by atoms with E-state index in [9.17, 15) is 25.9 Å². The van der Waals surface area contributed by atoms with Crippen LogP contribution in [0.25, 0.3) is 11.0 Å². The Hall–Kier alpha value is 1.87. The summed E-state index contributed by atoms with van der Waals surface area (Å²) in [7, 11) is -9.15. The van der Waals surface area contributed by atoms with E-state index in [-0.39, 0.29) is 132 Å². The van der Waals surface area contributed by atoms with Crippen LogP contribution in [0.5, 0.6) is 0 Å². The minimum Gasteiger partial charge on any atom is -0.748 e. The Morgan fingerprint density at radius 1 is 0.878 bits per heavy atom. The molecule has 0 aliphatic carbocycles. The molecule has 1 aromatic carbocycles. The molecular weight excluding hydrogens is 635 g/mol. The summed E-state index contributed by atoms with van der Waals surface area (Å²) in [4.78, 5) is 7.83. The Kier molecular flexibility index (Phi) is 23.4. The number of hydrogen-bond acceptors (Lipinski definition) is 8. The molecule has 1 atom stereocenters. The molecule has 0 saturated carbocycles. The van der Waals surface area contributed by atoms with Crippen molar-refractivity contribution >= 4 is 48.4 Å². The zero-order valence-electron chi connectivity index (χ0n) is 25.4. The summed E-state index contributed by atoms with van der Waals surface area (Å²) in [6.45, 7) is 3.58. The van der Waals surface area contributed by atoms with Gasteiger partial charge in [-0.3, -0.25) is 0 Å². The largest absolute Gasteiger partial charge is 1.00 e. The van der Waals surface area contributed by atoms with Gasteiger partial charge in [-0.05, 0) is 43.2 Å². The SMILES string of the molecule is CCCCCCCCCCCCCCCC(=S)Cc1c(S(=O)(=O)[O-])ccc2[nH]c(CCC(C)S(=O)(=O)[O-])nc12.[K+].[K+]. The third kappa shape index (κ3) is 16.8. The summed E-state index contributed by atoms with van der Waals surface area (Å²) in [5.74, 6) is 0.421. The average Bonchev–Trinajstić information content (AvgIpc) is 3.28. The second-order valence-electron chi connectivity index (χ2n) is 10.6. The first-order valence-electron chi connectivity index (χ1n) is 14.4. The van der Waals surface area contributed by atoms with Crippen molar-refractivity contribution in [1.82, 2.24) is 9.97 Å². The zero-order valence-corrected chi connectivity index (χ0v) is 34.1. The van der Waals surface area contributed by atoms with Gasteiger partial charge in [-0.1, -0.05) is 96.2 Å². The van der Waals surface area contributed by atoms with Crippen LogP contribution < -0.4 is 103 Å². The minimum absolute atomic E-state index is 0. The van der Waals surface area contributed by atoms with Crippen molar-refractivity contribution in [3.8, 4) is 0 Å². The first kappa shape index (κ1) is 42.9. The van der Waals surface area contributed by atoms with E-state index in [0.717, 1.165) is 19.3 Å². The summed E-state index contributed by atoms with van der Waals surface area (Å²) < 4.78 is 69.4. The van der Waals surface area contributed by atoms with Crippen LogP contribution in [0.1, 0.15) is 122 Å². The molecule has 1 unspecified atom stereocenters. The molecule has 0 aliphatic heterocycles. The zero-order chi connectivity index (χ0) is 28.9. The van der Waals surface area contributed by atoms with Gasteiger partial charge in [-0.25, -0.2) is 21.8 Å². The molecule has 222 valence electrons. The van der Waals surface area contributed by atoms with Crippen LogP contribution in [-0.2, 0) is 33.1 Å². The molecular formula is C28H44K2N2O6S3. The van der Waals surface area contributed by atoms with E-state index in [1.165, 1.54) is 83.3 Å². The molecule has 2 rings (SSSR count). The molecule has 1 aromatic heterocycles. The molecule has 0 spiro atoms. The number of aryl methyl sites for hydroxylation is 1. The van der Waals surface area contributed by atoms with Gasteiger partial charge >= 0.3 is 103 Å². The number of nitrogens with zero attached hydrogens (tertiary/aromatic N) is 1. The van der Waals surface area contributed by atoms with Crippen LogP contribution in [0, 0.1) is 0 Å². The van der Waals surface area contributed by atoms with Gasteiger partial charge in [-0.15, -0.1) is 0 Å². The van der Waals surface area contributed by atoms with Gasteiger partial charge < -0.3 is 14.1 Å². The number of imidazole rings is 1. The van der Waals surface area contributed by atoms with Crippen LogP contribution in [0.15, 0.2) is 17.0 Å². The summed E-state index contributed by atoms with van der Waals surface area (Å²) in [5, 5.41) is -1.07. The van der Waals surface area contributed by atoms with E-state index in [2.05, 4.69) is 16.9 Å². The predicted octanol–water partition coefficient (Wildman–Crippen LogP) is 0.735. The molecule has 8 nitrogen and oxygen atoms in total. The Labute approximate surface area is 338 Å². The molecule has 13 heteroatoms. The summed E-state index contributed by atoms with van der Waals surface area (Å²) >= 11 is 5.56. The van der Waals surface area contributed by atoms with E-state index >= 15 is 0 Å². The van der Waals surface area contributed by atoms with Gasteiger partial charge in [0.15, 0.2) is 0 Å². The quantitative estimate of drug-likeness (QED) is 0.0882. The Morgan fingerprint density at radius 3 is 1.88 bits per heavy atom. The number of H-pyrrole nitrogens is 1. The second kappa shape index (κ2) is 22.4. The summed E-state index contributed by atoms with van der Waals surface area (Å²) in [5.41, 5.74) is 1.15. The third-order valence-corrected chi connectivity index (χ3v) is 9.74. The maximum atomic E-state index is 12.0. The van der Waals surface area contributed by atoms with Crippen molar-refractivity contribution in [2.45, 2.75) is 133 Å². The number of benzene rings is 1. The number of aromatic nitrogens is 2. The number of aromatic amines is 1. The topological polar surface area (TPSA) is 143 Å². The Morgan fingerprint density at radius 2 is 1.39 bits per heavy atom. The fourth-order valence-electron chi connectivity index (χ4n) is 4.80. The maximum absolute atomic E-state index is 12.0. The van der Waals surface area contributed by atoms with Crippen molar-refractivity contribution < 1.29 is 129 Å². The van der Waals surface area contributed by atoms with E-state index < -0.39 is 25.5 Å². The van der Waals surface area contributed by atoms with Gasteiger partial charge in [0.2, 0.25) is 0 Å². The van der Waals surface area contributed by atoms with Gasteiger partial charge in [0.05, 0.1) is 26.0 Å². The molecule has 0 radical (unpaired) electrons. The fourth-order valence-corrected chi connectivity index (χ4v) is 6.20. The number of nitrogens with one attached hydrogen (secondary N) is 1. The minimum atomic E-state index is -4.74. The number of thiocarbonyl (C=S) groups is 1. The van der Waals surface area contributed by atoms with Crippen LogP contribution in [0.3, 0.4) is 0 Å². The van der Waals surface area contributed by atoms with Crippen LogP contribution in [0.4, 0.5) is 0 Å². The second-order valence-corrected chi connectivity index (χ2v) is 14.3. The molecule has 0 saturated heterocycles. The summed E-state index contributed by atoms with van der Waals surface area (Å²) in [6.07, 6.45) is 17.3. The molecule has 0 aliphatic rings. The van der Waals surface area contributed by atoms with Gasteiger partial charge in [0.25, 0.3) is 0 Å². The van der Waals surface area contributed by atoms with Crippen molar-refractivity contribution in [3.63, 3.8) is 0 Å². The molecule has 1 N–H and O–H groups in total. The Balaban J connectivity index is 0.00000800. The number of fused-ring (bicyclic) bond motifs is 1. The molecule has 41 heavy (non-hydrogen) atoms. The number of unbranched alkanes of at least 4 members (excludes halogenated alkanes) is 12. The van der Waals surface area contributed by atoms with E-state index in [1.54, 1.807) is 0 Å². The monoisotopic (exact) mass is 678 g/mol. The maximum Gasteiger partial charge on any atom is 1.00 e. The van der Waals surface area contributed by atoms with Crippen molar-refractivity contribution in [2.24, 2.45) is 0 Å². The molecule has 0 bridgehead atoms. The molecule has 2 aromatic rings. The average molecular weight is 679 g/mol. The van der Waals surface area contributed by atoms with Crippen molar-refractivity contribution in [1.29, 1.82) is 0 Å². The van der Waals surface area contributed by atoms with Gasteiger partial charge in [0, 0.05) is 23.7 Å². The summed E-state index contributed by atoms with van der Waals surface area (Å²) in [6, 6.07) is 2.74. The molecule has 0 amide bonds. The smallest absolute Gasteiger partial charge is 0.748 e. The normalized spacial score (nSPS) is 12.6. The van der Waals surface area contributed by atoms with Crippen molar-refractivity contribution in [2.75, 3.05) is 0 Å². The Bertz CT molecular complexity index is 1270. The van der Waals surface area contributed by atoms with E-state index in [1.807, 2.05) is 0 Å². The van der Waals surface area contributed by atoms with Crippen LogP contribution >= 0.6 is 12.2 Å². The third-order valence-electron chi connectivity index (χ3n) is 7.25.